The van der Waals surface area contributed by atoms with Crippen LogP contribution < -0.4 is 0 Å². The van der Waals surface area contributed by atoms with E-state index in [2.05, 4.69) is 0 Å². The second-order valence-corrected chi connectivity index (χ2v) is 5.27. The van der Waals surface area contributed by atoms with Crippen molar-refractivity contribution in [3.8, 4) is 0 Å². The summed E-state index contributed by atoms with van der Waals surface area (Å²) in [4.78, 5) is 23.2. The topological polar surface area (TPSA) is 43.4 Å². The number of carbonyl (C=O) groups is 2. The predicted octanol–water partition coefficient (Wildman–Crippen LogP) is 3.27. The number of hydrogen-bond donors (Lipinski definition) is 0. The van der Waals surface area contributed by atoms with E-state index in [1.807, 2.05) is 30.3 Å². The Bertz CT molecular complexity index is 419. The van der Waals surface area contributed by atoms with E-state index in [-0.39, 0.29) is 5.97 Å². The summed E-state index contributed by atoms with van der Waals surface area (Å²) in [5.74, 6) is -0.205. The molecule has 0 saturated heterocycles. The zero-order chi connectivity index (χ0) is 13.6. The van der Waals surface area contributed by atoms with Gasteiger partial charge in [-0.3, -0.25) is 4.79 Å². The number of hydrogen-bond acceptors (Lipinski definition) is 3. The highest BCUT2D eigenvalue weighted by molar-refractivity contribution is 5.80. The Hall–Kier alpha value is -1.64. The van der Waals surface area contributed by atoms with Crippen molar-refractivity contribution in [2.45, 2.75) is 45.1 Å². The van der Waals surface area contributed by atoms with Crippen LogP contribution in [0.25, 0.3) is 0 Å². The summed E-state index contributed by atoms with van der Waals surface area (Å²) in [6.45, 7) is 0.292. The van der Waals surface area contributed by atoms with Gasteiger partial charge >= 0.3 is 5.97 Å². The Morgan fingerprint density at radius 2 is 1.84 bits per heavy atom. The van der Waals surface area contributed by atoms with Gasteiger partial charge in [0.15, 0.2) is 0 Å². The molecule has 1 aromatic carbocycles. The summed E-state index contributed by atoms with van der Waals surface area (Å²) in [6.07, 6.45) is 5.86. The summed E-state index contributed by atoms with van der Waals surface area (Å²) >= 11 is 0. The van der Waals surface area contributed by atoms with Crippen molar-refractivity contribution in [2.75, 3.05) is 0 Å². The minimum Gasteiger partial charge on any atom is -0.460 e. The van der Waals surface area contributed by atoms with E-state index in [0.717, 1.165) is 44.0 Å². The van der Waals surface area contributed by atoms with Gasteiger partial charge in [-0.05, 0) is 18.4 Å². The molecule has 0 spiro atoms. The summed E-state index contributed by atoms with van der Waals surface area (Å²) in [5.41, 5.74) is 0.419. The molecular weight excluding hydrogens is 240 g/mol. The van der Waals surface area contributed by atoms with Gasteiger partial charge < -0.3 is 9.53 Å². The summed E-state index contributed by atoms with van der Waals surface area (Å²) < 4.78 is 5.43. The van der Waals surface area contributed by atoms with Crippen molar-refractivity contribution in [3.05, 3.63) is 35.9 Å². The largest absolute Gasteiger partial charge is 0.460 e. The summed E-state index contributed by atoms with van der Waals surface area (Å²) in [6, 6.07) is 9.64. The second kappa shape index (κ2) is 6.50. The van der Waals surface area contributed by atoms with E-state index in [0.29, 0.717) is 13.0 Å². The molecule has 0 amide bonds. The van der Waals surface area contributed by atoms with E-state index in [1.54, 1.807) is 0 Å². The normalized spacial score (nSPS) is 17.7. The van der Waals surface area contributed by atoms with E-state index in [4.69, 9.17) is 4.74 Å². The minimum absolute atomic E-state index is 0.205. The fraction of sp³-hybridized carbons (Fsp3) is 0.500. The van der Waals surface area contributed by atoms with E-state index < -0.39 is 5.41 Å². The summed E-state index contributed by atoms with van der Waals surface area (Å²) in [5, 5.41) is 0. The SMILES string of the molecule is O=CCC1(C(=O)OCc2ccccc2)CCCCC1. The van der Waals surface area contributed by atoms with E-state index >= 15 is 0 Å². The van der Waals surface area contributed by atoms with Gasteiger partial charge in [-0.25, -0.2) is 0 Å². The van der Waals surface area contributed by atoms with Gasteiger partial charge in [0.1, 0.15) is 12.9 Å². The van der Waals surface area contributed by atoms with E-state index in [9.17, 15) is 9.59 Å². The van der Waals surface area contributed by atoms with Gasteiger partial charge in [0, 0.05) is 6.42 Å². The van der Waals surface area contributed by atoms with Crippen molar-refractivity contribution in [1.82, 2.24) is 0 Å². The van der Waals surface area contributed by atoms with Gasteiger partial charge in [-0.2, -0.15) is 0 Å². The first-order valence-corrected chi connectivity index (χ1v) is 6.92. The average molecular weight is 260 g/mol. The number of ether oxygens (including phenoxy) is 1. The van der Waals surface area contributed by atoms with Crippen molar-refractivity contribution in [2.24, 2.45) is 5.41 Å². The molecule has 1 fully saturated rings. The van der Waals surface area contributed by atoms with Crippen LogP contribution in [0, 0.1) is 5.41 Å². The number of aldehydes is 1. The van der Waals surface area contributed by atoms with Gasteiger partial charge in [0.2, 0.25) is 0 Å². The lowest BCUT2D eigenvalue weighted by molar-refractivity contribution is -0.160. The standard InChI is InChI=1S/C16H20O3/c17-12-11-16(9-5-2-6-10-16)15(18)19-13-14-7-3-1-4-8-14/h1,3-4,7-8,12H,2,5-6,9-11,13H2. The Kier molecular flexibility index (Phi) is 4.72. The Morgan fingerprint density at radius 1 is 1.16 bits per heavy atom. The van der Waals surface area contributed by atoms with Crippen molar-refractivity contribution in [3.63, 3.8) is 0 Å². The Morgan fingerprint density at radius 3 is 2.47 bits per heavy atom. The highest BCUT2D eigenvalue weighted by Gasteiger charge is 2.40. The molecule has 1 aliphatic rings. The Labute approximate surface area is 114 Å². The van der Waals surface area contributed by atoms with Crippen LogP contribution in [0.4, 0.5) is 0 Å². The zero-order valence-electron chi connectivity index (χ0n) is 11.1. The van der Waals surface area contributed by atoms with Gasteiger partial charge in [-0.1, -0.05) is 49.6 Å². The van der Waals surface area contributed by atoms with Crippen LogP contribution in [-0.4, -0.2) is 12.3 Å². The second-order valence-electron chi connectivity index (χ2n) is 5.27. The van der Waals surface area contributed by atoms with Crippen molar-refractivity contribution in [1.29, 1.82) is 0 Å². The maximum Gasteiger partial charge on any atom is 0.312 e. The third-order valence-electron chi connectivity index (χ3n) is 3.93. The first-order valence-electron chi connectivity index (χ1n) is 6.92. The molecule has 0 bridgehead atoms. The third kappa shape index (κ3) is 3.43. The lowest BCUT2D eigenvalue weighted by Gasteiger charge is -2.33. The van der Waals surface area contributed by atoms with Crippen LogP contribution in [0.15, 0.2) is 30.3 Å². The monoisotopic (exact) mass is 260 g/mol. The van der Waals surface area contributed by atoms with Crippen LogP contribution >= 0.6 is 0 Å². The molecule has 19 heavy (non-hydrogen) atoms. The molecule has 0 atom stereocenters. The van der Waals surface area contributed by atoms with Crippen molar-refractivity contribution >= 4 is 12.3 Å². The molecule has 1 saturated carbocycles. The van der Waals surface area contributed by atoms with Crippen molar-refractivity contribution < 1.29 is 14.3 Å². The number of carbonyl (C=O) groups excluding carboxylic acids is 2. The quantitative estimate of drug-likeness (QED) is 0.603. The fourth-order valence-electron chi connectivity index (χ4n) is 2.76. The van der Waals surface area contributed by atoms with Gasteiger partial charge in [0.25, 0.3) is 0 Å². The maximum atomic E-state index is 12.3. The van der Waals surface area contributed by atoms with Crippen LogP contribution in [0.3, 0.4) is 0 Å². The summed E-state index contributed by atoms with van der Waals surface area (Å²) in [7, 11) is 0. The lowest BCUT2D eigenvalue weighted by atomic mass is 9.72. The van der Waals surface area contributed by atoms with Crippen LogP contribution in [0.2, 0.25) is 0 Å². The molecule has 1 aromatic rings. The third-order valence-corrected chi connectivity index (χ3v) is 3.93. The Balaban J connectivity index is 1.97. The zero-order valence-corrected chi connectivity index (χ0v) is 11.1. The molecule has 0 aromatic heterocycles. The fourth-order valence-corrected chi connectivity index (χ4v) is 2.76. The predicted molar refractivity (Wildman–Crippen MR) is 72.4 cm³/mol. The highest BCUT2D eigenvalue weighted by Crippen LogP contribution is 2.40. The minimum atomic E-state index is -0.561. The molecule has 0 radical (unpaired) electrons. The van der Waals surface area contributed by atoms with E-state index in [1.165, 1.54) is 0 Å². The molecule has 3 heteroatoms. The van der Waals surface area contributed by atoms with Crippen LogP contribution in [-0.2, 0) is 20.9 Å². The molecule has 0 heterocycles. The number of esters is 1. The lowest BCUT2D eigenvalue weighted by Crippen LogP contribution is -2.35. The molecule has 3 nitrogen and oxygen atoms in total. The molecule has 0 unspecified atom stereocenters. The maximum absolute atomic E-state index is 12.3. The average Bonchev–Trinajstić information content (AvgIpc) is 2.47. The van der Waals surface area contributed by atoms with Crippen LogP contribution in [0.5, 0.6) is 0 Å². The number of rotatable bonds is 5. The molecule has 0 aliphatic heterocycles. The van der Waals surface area contributed by atoms with Gasteiger partial charge in [-0.15, -0.1) is 0 Å². The first-order chi connectivity index (χ1) is 9.27. The number of benzene rings is 1. The van der Waals surface area contributed by atoms with Gasteiger partial charge in [0.05, 0.1) is 5.41 Å². The first kappa shape index (κ1) is 13.8. The molecular formula is C16H20O3. The molecule has 102 valence electrons. The molecule has 1 aliphatic carbocycles. The van der Waals surface area contributed by atoms with Crippen LogP contribution in [0.1, 0.15) is 44.1 Å². The highest BCUT2D eigenvalue weighted by atomic mass is 16.5. The molecule has 2 rings (SSSR count). The molecule has 0 N–H and O–H groups in total. The smallest absolute Gasteiger partial charge is 0.312 e.